The first kappa shape index (κ1) is 16.1. The minimum absolute atomic E-state index is 0.128. The van der Waals surface area contributed by atoms with E-state index in [2.05, 4.69) is 5.32 Å². The van der Waals surface area contributed by atoms with Crippen molar-refractivity contribution in [2.45, 2.75) is 26.4 Å². The Morgan fingerprint density at radius 1 is 1.25 bits per heavy atom. The molecule has 1 N–H and O–H groups in total. The average Bonchev–Trinajstić information content (AvgIpc) is 2.80. The van der Waals surface area contributed by atoms with E-state index in [1.807, 2.05) is 49.4 Å². The number of benzene rings is 2. The van der Waals surface area contributed by atoms with Gasteiger partial charge in [-0.2, -0.15) is 0 Å². The second kappa shape index (κ2) is 6.35. The molecule has 2 amide bonds. The van der Waals surface area contributed by atoms with E-state index in [0.29, 0.717) is 6.54 Å². The number of amides is 2. The van der Waals surface area contributed by atoms with Crippen molar-refractivity contribution in [3.05, 3.63) is 59.2 Å². The van der Waals surface area contributed by atoms with Crippen LogP contribution >= 0.6 is 0 Å². The molecule has 1 aliphatic heterocycles. The van der Waals surface area contributed by atoms with Gasteiger partial charge in [0.15, 0.2) is 0 Å². The Hall–Kier alpha value is -2.82. The minimum Gasteiger partial charge on any atom is -0.496 e. The first-order valence-electron chi connectivity index (χ1n) is 7.82. The molecule has 124 valence electrons. The van der Waals surface area contributed by atoms with E-state index in [1.54, 1.807) is 12.0 Å². The third-order valence-electron chi connectivity index (χ3n) is 4.17. The van der Waals surface area contributed by atoms with Crippen LogP contribution in [0.5, 0.6) is 5.75 Å². The number of carbonyl (C=O) groups excluding carboxylic acids is 2. The fraction of sp³-hybridized carbons (Fsp3) is 0.263. The third-order valence-corrected chi connectivity index (χ3v) is 4.17. The van der Waals surface area contributed by atoms with Crippen LogP contribution in [0.4, 0.5) is 5.69 Å². The zero-order valence-corrected chi connectivity index (χ0v) is 14.0. The summed E-state index contributed by atoms with van der Waals surface area (Å²) in [6.45, 7) is 3.79. The summed E-state index contributed by atoms with van der Waals surface area (Å²) in [7, 11) is 1.61. The highest BCUT2D eigenvalue weighted by Crippen LogP contribution is 2.38. The van der Waals surface area contributed by atoms with Crippen molar-refractivity contribution >= 4 is 17.5 Å². The molecule has 3 rings (SSSR count). The van der Waals surface area contributed by atoms with E-state index in [1.165, 1.54) is 6.92 Å². The second-order valence-electron chi connectivity index (χ2n) is 5.93. The lowest BCUT2D eigenvalue weighted by molar-refractivity contribution is -0.126. The van der Waals surface area contributed by atoms with Crippen molar-refractivity contribution < 1.29 is 14.3 Å². The third kappa shape index (κ3) is 2.85. The number of methoxy groups -OCH3 is 1. The summed E-state index contributed by atoms with van der Waals surface area (Å²) in [6, 6.07) is 12.8. The predicted octanol–water partition coefficient (Wildman–Crippen LogP) is 2.73. The Bertz CT molecular complexity index is 801. The lowest BCUT2D eigenvalue weighted by Crippen LogP contribution is -2.36. The standard InChI is InChI=1S/C19H20N2O3/c1-12-8-9-16-15(10-12)18(20-13(2)22)19(23)21(16)11-14-6-4-5-7-17(14)24-3/h4-10,18H,11H2,1-3H3,(H,20,22). The van der Waals surface area contributed by atoms with Crippen LogP contribution in [0.2, 0.25) is 0 Å². The molecular weight excluding hydrogens is 304 g/mol. The van der Waals surface area contributed by atoms with Gasteiger partial charge in [-0.3, -0.25) is 9.59 Å². The minimum atomic E-state index is -0.632. The fourth-order valence-corrected chi connectivity index (χ4v) is 3.07. The number of ether oxygens (including phenoxy) is 1. The Morgan fingerprint density at radius 2 is 2.00 bits per heavy atom. The Morgan fingerprint density at radius 3 is 2.71 bits per heavy atom. The Kier molecular flexibility index (Phi) is 4.25. The molecule has 0 aliphatic carbocycles. The highest BCUT2D eigenvalue weighted by atomic mass is 16.5. The zero-order valence-electron chi connectivity index (χ0n) is 14.0. The number of hydrogen-bond acceptors (Lipinski definition) is 3. The van der Waals surface area contributed by atoms with E-state index in [9.17, 15) is 9.59 Å². The number of carbonyl (C=O) groups is 2. The SMILES string of the molecule is COc1ccccc1CN1C(=O)C(NC(C)=O)c2cc(C)ccc21. The first-order valence-corrected chi connectivity index (χ1v) is 7.82. The summed E-state index contributed by atoms with van der Waals surface area (Å²) in [6.07, 6.45) is 0. The molecule has 5 heteroatoms. The van der Waals surface area contributed by atoms with Gasteiger partial charge in [0.05, 0.1) is 13.7 Å². The summed E-state index contributed by atoms with van der Waals surface area (Å²) in [5.74, 6) is 0.388. The van der Waals surface area contributed by atoms with Crippen LogP contribution < -0.4 is 15.0 Å². The summed E-state index contributed by atoms with van der Waals surface area (Å²) in [5, 5.41) is 2.76. The maximum atomic E-state index is 12.9. The van der Waals surface area contributed by atoms with Crippen molar-refractivity contribution in [2.24, 2.45) is 0 Å². The number of rotatable bonds is 4. The van der Waals surface area contributed by atoms with E-state index < -0.39 is 6.04 Å². The summed E-state index contributed by atoms with van der Waals surface area (Å²) < 4.78 is 5.38. The average molecular weight is 324 g/mol. The zero-order chi connectivity index (χ0) is 17.3. The van der Waals surface area contributed by atoms with Gasteiger partial charge in [-0.15, -0.1) is 0 Å². The van der Waals surface area contributed by atoms with Gasteiger partial charge in [0.2, 0.25) is 5.91 Å². The van der Waals surface area contributed by atoms with Crippen LogP contribution in [0.25, 0.3) is 0 Å². The van der Waals surface area contributed by atoms with Crippen LogP contribution in [-0.4, -0.2) is 18.9 Å². The number of aryl methyl sites for hydroxylation is 1. The van der Waals surface area contributed by atoms with Crippen LogP contribution in [0.3, 0.4) is 0 Å². The van der Waals surface area contributed by atoms with E-state index in [-0.39, 0.29) is 11.8 Å². The number of fused-ring (bicyclic) bond motifs is 1. The molecule has 1 heterocycles. The number of nitrogens with one attached hydrogen (secondary N) is 1. The quantitative estimate of drug-likeness (QED) is 0.941. The lowest BCUT2D eigenvalue weighted by atomic mass is 10.1. The van der Waals surface area contributed by atoms with Gasteiger partial charge in [-0.25, -0.2) is 0 Å². The molecule has 1 unspecified atom stereocenters. The second-order valence-corrected chi connectivity index (χ2v) is 5.93. The van der Waals surface area contributed by atoms with Crippen molar-refractivity contribution in [1.82, 2.24) is 5.32 Å². The largest absolute Gasteiger partial charge is 0.496 e. The molecular formula is C19H20N2O3. The maximum absolute atomic E-state index is 12.9. The van der Waals surface area contributed by atoms with Gasteiger partial charge >= 0.3 is 0 Å². The fourth-order valence-electron chi connectivity index (χ4n) is 3.07. The monoisotopic (exact) mass is 324 g/mol. The van der Waals surface area contributed by atoms with Gasteiger partial charge in [-0.05, 0) is 19.1 Å². The summed E-state index contributed by atoms with van der Waals surface area (Å²) >= 11 is 0. The molecule has 0 aromatic heterocycles. The predicted molar refractivity (Wildman–Crippen MR) is 91.9 cm³/mol. The summed E-state index contributed by atoms with van der Waals surface area (Å²) in [5.41, 5.74) is 3.64. The smallest absolute Gasteiger partial charge is 0.254 e. The highest BCUT2D eigenvalue weighted by Gasteiger charge is 2.38. The van der Waals surface area contributed by atoms with Gasteiger partial charge in [-0.1, -0.05) is 35.9 Å². The number of para-hydroxylation sites is 1. The van der Waals surface area contributed by atoms with Gasteiger partial charge in [0.25, 0.3) is 5.91 Å². The topological polar surface area (TPSA) is 58.6 Å². The van der Waals surface area contributed by atoms with Crippen molar-refractivity contribution in [2.75, 3.05) is 12.0 Å². The van der Waals surface area contributed by atoms with E-state index in [0.717, 1.165) is 28.1 Å². The van der Waals surface area contributed by atoms with Crippen molar-refractivity contribution in [1.29, 1.82) is 0 Å². The lowest BCUT2D eigenvalue weighted by Gasteiger charge is -2.19. The van der Waals surface area contributed by atoms with Crippen LogP contribution in [0.15, 0.2) is 42.5 Å². The van der Waals surface area contributed by atoms with E-state index in [4.69, 9.17) is 4.74 Å². The molecule has 1 aliphatic rings. The van der Waals surface area contributed by atoms with E-state index >= 15 is 0 Å². The molecule has 0 saturated heterocycles. The van der Waals surface area contributed by atoms with Gasteiger partial charge in [0.1, 0.15) is 11.8 Å². The van der Waals surface area contributed by atoms with Crippen molar-refractivity contribution in [3.8, 4) is 5.75 Å². The number of hydrogen-bond donors (Lipinski definition) is 1. The highest BCUT2D eigenvalue weighted by molar-refractivity contribution is 6.06. The molecule has 0 bridgehead atoms. The van der Waals surface area contributed by atoms with Crippen LogP contribution in [-0.2, 0) is 16.1 Å². The maximum Gasteiger partial charge on any atom is 0.254 e. The van der Waals surface area contributed by atoms with Crippen molar-refractivity contribution in [3.63, 3.8) is 0 Å². The molecule has 2 aromatic carbocycles. The first-order chi connectivity index (χ1) is 11.5. The molecule has 24 heavy (non-hydrogen) atoms. The number of nitrogens with zero attached hydrogens (tertiary/aromatic N) is 1. The van der Waals surface area contributed by atoms with Crippen LogP contribution in [0, 0.1) is 6.92 Å². The molecule has 5 nitrogen and oxygen atoms in total. The molecule has 0 spiro atoms. The molecule has 2 aromatic rings. The Labute approximate surface area is 141 Å². The van der Waals surface area contributed by atoms with Gasteiger partial charge < -0.3 is 15.0 Å². The van der Waals surface area contributed by atoms with Crippen LogP contribution in [0.1, 0.15) is 29.7 Å². The molecule has 1 atom stereocenters. The molecule has 0 fully saturated rings. The van der Waals surface area contributed by atoms with Gasteiger partial charge in [0, 0.05) is 23.7 Å². The summed E-state index contributed by atoms with van der Waals surface area (Å²) in [4.78, 5) is 26.1. The normalized spacial score (nSPS) is 16.0. The molecule has 0 radical (unpaired) electrons. The number of anilines is 1. The Balaban J connectivity index is 2.00. The molecule has 0 saturated carbocycles.